The lowest BCUT2D eigenvalue weighted by molar-refractivity contribution is -0.141. The zero-order valence-corrected chi connectivity index (χ0v) is 14.4. The highest BCUT2D eigenvalue weighted by Gasteiger charge is 2.55. The van der Waals surface area contributed by atoms with Gasteiger partial charge in [0.25, 0.3) is 5.91 Å². The maximum atomic E-state index is 12.9. The Hall–Kier alpha value is -1.63. The summed E-state index contributed by atoms with van der Waals surface area (Å²) in [4.78, 5) is 40.6. The molecule has 2 aliphatic heterocycles. The van der Waals surface area contributed by atoms with Crippen molar-refractivity contribution in [2.24, 2.45) is 17.6 Å². The number of imide groups is 1. The molecule has 3 aliphatic rings. The molecule has 4 amide bonds. The van der Waals surface area contributed by atoms with Crippen LogP contribution in [0.4, 0.5) is 4.79 Å². The minimum absolute atomic E-state index is 0.114. The van der Waals surface area contributed by atoms with Gasteiger partial charge in [-0.3, -0.25) is 14.5 Å². The lowest BCUT2D eigenvalue weighted by atomic mass is 9.73. The number of hydrogen-bond acceptors (Lipinski definition) is 4. The van der Waals surface area contributed by atoms with E-state index in [0.717, 1.165) is 37.0 Å². The summed E-state index contributed by atoms with van der Waals surface area (Å²) in [6.07, 6.45) is 5.41. The number of carbonyl (C=O) groups excluding carboxylic acids is 3. The van der Waals surface area contributed by atoms with Crippen LogP contribution in [0.25, 0.3) is 0 Å². The summed E-state index contributed by atoms with van der Waals surface area (Å²) in [6, 6.07) is -0.418. The minimum atomic E-state index is -0.790. The van der Waals surface area contributed by atoms with Crippen LogP contribution in [0.2, 0.25) is 0 Å². The molecule has 2 heterocycles. The van der Waals surface area contributed by atoms with Crippen LogP contribution >= 0.6 is 0 Å². The quantitative estimate of drug-likeness (QED) is 0.741. The van der Waals surface area contributed by atoms with Crippen molar-refractivity contribution in [3.63, 3.8) is 0 Å². The number of nitrogens with zero attached hydrogens (tertiary/aromatic N) is 2. The van der Waals surface area contributed by atoms with Crippen molar-refractivity contribution in [3.05, 3.63) is 0 Å². The van der Waals surface area contributed by atoms with Gasteiger partial charge in [-0.2, -0.15) is 0 Å². The van der Waals surface area contributed by atoms with Gasteiger partial charge in [-0.25, -0.2) is 4.79 Å². The summed E-state index contributed by atoms with van der Waals surface area (Å²) in [5.74, 6) is 0.222. The Morgan fingerprint density at radius 1 is 1.25 bits per heavy atom. The molecule has 24 heavy (non-hydrogen) atoms. The Morgan fingerprint density at radius 3 is 2.58 bits per heavy atom. The van der Waals surface area contributed by atoms with Gasteiger partial charge in [0.2, 0.25) is 5.91 Å². The van der Waals surface area contributed by atoms with Crippen LogP contribution in [0.3, 0.4) is 0 Å². The van der Waals surface area contributed by atoms with Crippen molar-refractivity contribution in [1.29, 1.82) is 0 Å². The molecule has 0 aromatic rings. The number of likely N-dealkylation sites (tertiary alicyclic amines) is 1. The third-order valence-electron chi connectivity index (χ3n) is 6.10. The molecule has 7 heteroatoms. The van der Waals surface area contributed by atoms with Crippen molar-refractivity contribution < 1.29 is 14.4 Å². The average Bonchev–Trinajstić information content (AvgIpc) is 2.82. The van der Waals surface area contributed by atoms with E-state index in [-0.39, 0.29) is 24.3 Å². The van der Waals surface area contributed by atoms with Gasteiger partial charge in [0.1, 0.15) is 12.1 Å². The summed E-state index contributed by atoms with van der Waals surface area (Å²) >= 11 is 0. The van der Waals surface area contributed by atoms with Crippen LogP contribution in [0.5, 0.6) is 0 Å². The Bertz CT molecular complexity index is 530. The van der Waals surface area contributed by atoms with E-state index in [4.69, 9.17) is 5.73 Å². The number of rotatable bonds is 3. The van der Waals surface area contributed by atoms with Gasteiger partial charge >= 0.3 is 6.03 Å². The molecule has 1 aliphatic carbocycles. The molecule has 134 valence electrons. The molecule has 3 N–H and O–H groups in total. The Morgan fingerprint density at radius 2 is 1.96 bits per heavy atom. The molecule has 3 rings (SSSR count). The lowest BCUT2D eigenvalue weighted by Gasteiger charge is -2.37. The van der Waals surface area contributed by atoms with E-state index in [1.807, 2.05) is 6.92 Å². The van der Waals surface area contributed by atoms with Gasteiger partial charge in [-0.05, 0) is 44.1 Å². The van der Waals surface area contributed by atoms with Gasteiger partial charge in [0, 0.05) is 13.1 Å². The van der Waals surface area contributed by atoms with Crippen molar-refractivity contribution in [1.82, 2.24) is 15.1 Å². The maximum absolute atomic E-state index is 12.9. The molecule has 2 saturated heterocycles. The van der Waals surface area contributed by atoms with E-state index in [1.54, 1.807) is 4.90 Å². The first-order valence-corrected chi connectivity index (χ1v) is 9.10. The maximum Gasteiger partial charge on any atom is 0.325 e. The molecular weight excluding hydrogens is 308 g/mol. The molecule has 1 spiro atoms. The van der Waals surface area contributed by atoms with Gasteiger partial charge in [0.15, 0.2) is 0 Å². The van der Waals surface area contributed by atoms with Gasteiger partial charge in [-0.15, -0.1) is 0 Å². The minimum Gasteiger partial charge on any atom is -0.341 e. The first-order chi connectivity index (χ1) is 11.5. The predicted molar refractivity (Wildman–Crippen MR) is 89.0 cm³/mol. The number of urea groups is 1. The zero-order chi connectivity index (χ0) is 17.3. The monoisotopic (exact) mass is 336 g/mol. The number of nitrogens with one attached hydrogen (secondary N) is 1. The molecule has 7 nitrogen and oxygen atoms in total. The fraction of sp³-hybridized carbons (Fsp3) is 0.824. The van der Waals surface area contributed by atoms with Crippen LogP contribution in [-0.2, 0) is 9.59 Å². The number of amides is 4. The normalized spacial score (nSPS) is 31.7. The van der Waals surface area contributed by atoms with E-state index >= 15 is 0 Å². The fourth-order valence-corrected chi connectivity index (χ4v) is 4.29. The summed E-state index contributed by atoms with van der Waals surface area (Å²) in [6.45, 7) is 3.83. The van der Waals surface area contributed by atoms with Crippen molar-refractivity contribution in [2.75, 3.05) is 26.2 Å². The Kier molecular flexibility index (Phi) is 4.80. The molecule has 2 unspecified atom stereocenters. The smallest absolute Gasteiger partial charge is 0.325 e. The molecule has 0 aromatic heterocycles. The summed E-state index contributed by atoms with van der Waals surface area (Å²) in [5, 5.41) is 2.89. The summed E-state index contributed by atoms with van der Waals surface area (Å²) in [5.41, 5.74) is 4.89. The van der Waals surface area contributed by atoms with Crippen LogP contribution in [0.1, 0.15) is 45.4 Å². The first-order valence-electron chi connectivity index (χ1n) is 9.10. The van der Waals surface area contributed by atoms with E-state index in [2.05, 4.69) is 5.32 Å². The van der Waals surface area contributed by atoms with E-state index < -0.39 is 11.6 Å². The molecular formula is C17H28N4O3. The standard InChI is InChI=1S/C17H28N4O3/c1-12-4-2-3-7-17(12)15(23)21(16(24)19-17)11-14(22)20-8-5-13(10-18)6-9-20/h12-13H,2-11,18H2,1H3,(H,19,24). The molecule has 2 atom stereocenters. The highest BCUT2D eigenvalue weighted by atomic mass is 16.2. The van der Waals surface area contributed by atoms with Crippen LogP contribution < -0.4 is 11.1 Å². The highest BCUT2D eigenvalue weighted by molar-refractivity contribution is 6.09. The number of piperidine rings is 1. The fourth-order valence-electron chi connectivity index (χ4n) is 4.29. The largest absolute Gasteiger partial charge is 0.341 e. The topological polar surface area (TPSA) is 95.7 Å². The second kappa shape index (κ2) is 6.70. The van der Waals surface area contributed by atoms with Gasteiger partial charge in [0.05, 0.1) is 0 Å². The zero-order valence-electron chi connectivity index (χ0n) is 14.4. The van der Waals surface area contributed by atoms with E-state index in [9.17, 15) is 14.4 Å². The molecule has 3 fully saturated rings. The second-order valence-corrected chi connectivity index (χ2v) is 7.50. The highest BCUT2D eigenvalue weighted by Crippen LogP contribution is 2.38. The van der Waals surface area contributed by atoms with E-state index in [0.29, 0.717) is 32.0 Å². The summed E-state index contributed by atoms with van der Waals surface area (Å²) < 4.78 is 0. The van der Waals surface area contributed by atoms with E-state index in [1.165, 1.54) is 0 Å². The third-order valence-corrected chi connectivity index (χ3v) is 6.10. The van der Waals surface area contributed by atoms with Gasteiger partial charge in [-0.1, -0.05) is 19.8 Å². The Labute approximate surface area is 142 Å². The second-order valence-electron chi connectivity index (χ2n) is 7.50. The van der Waals surface area contributed by atoms with Crippen LogP contribution in [0.15, 0.2) is 0 Å². The molecule has 0 radical (unpaired) electrons. The average molecular weight is 336 g/mol. The molecule has 0 bridgehead atoms. The van der Waals surface area contributed by atoms with Crippen LogP contribution in [-0.4, -0.2) is 59.4 Å². The van der Waals surface area contributed by atoms with Crippen molar-refractivity contribution in [3.8, 4) is 0 Å². The van der Waals surface area contributed by atoms with Crippen molar-refractivity contribution >= 4 is 17.8 Å². The Balaban J connectivity index is 1.64. The molecule has 0 aromatic carbocycles. The number of carbonyl (C=O) groups is 3. The lowest BCUT2D eigenvalue weighted by Crippen LogP contribution is -2.54. The predicted octanol–water partition coefficient (Wildman–Crippen LogP) is 0.684. The number of nitrogens with two attached hydrogens (primary N) is 1. The van der Waals surface area contributed by atoms with Crippen molar-refractivity contribution in [2.45, 2.75) is 51.0 Å². The third kappa shape index (κ3) is 2.90. The molecule has 1 saturated carbocycles. The first kappa shape index (κ1) is 17.2. The van der Waals surface area contributed by atoms with Crippen LogP contribution in [0, 0.1) is 11.8 Å². The number of hydrogen-bond donors (Lipinski definition) is 2. The summed E-state index contributed by atoms with van der Waals surface area (Å²) in [7, 11) is 0. The SMILES string of the molecule is CC1CCCCC12NC(=O)N(CC(=O)N1CCC(CN)CC1)C2=O. The van der Waals surface area contributed by atoms with Gasteiger partial charge < -0.3 is 16.0 Å².